The fraction of sp³-hybridized carbons (Fsp3) is 0.483. The van der Waals surface area contributed by atoms with Gasteiger partial charge in [0.05, 0.1) is 52.9 Å². The molecule has 10 nitrogen and oxygen atoms in total. The Labute approximate surface area is 228 Å². The van der Waals surface area contributed by atoms with Gasteiger partial charge in [-0.05, 0) is 55.2 Å². The summed E-state index contributed by atoms with van der Waals surface area (Å²) in [5, 5.41) is 0. The van der Waals surface area contributed by atoms with Crippen molar-refractivity contribution in [3.63, 3.8) is 0 Å². The Kier molecular flexibility index (Phi) is 8.52. The molecule has 2 aromatic rings. The predicted molar refractivity (Wildman–Crippen MR) is 143 cm³/mol. The average molecular weight is 541 g/mol. The first-order chi connectivity index (χ1) is 18.8. The van der Waals surface area contributed by atoms with Crippen LogP contribution in [0, 0.1) is 5.92 Å². The Bertz CT molecular complexity index is 1240. The molecule has 4 rings (SSSR count). The summed E-state index contributed by atoms with van der Waals surface area (Å²) in [4.78, 5) is 43.6. The van der Waals surface area contributed by atoms with E-state index < -0.39 is 12.0 Å². The van der Waals surface area contributed by atoms with E-state index in [9.17, 15) is 14.4 Å². The van der Waals surface area contributed by atoms with Gasteiger partial charge in [-0.15, -0.1) is 0 Å². The molecule has 10 heteroatoms. The van der Waals surface area contributed by atoms with E-state index in [1.165, 1.54) is 14.2 Å². The van der Waals surface area contributed by atoms with Gasteiger partial charge in [-0.25, -0.2) is 0 Å². The highest BCUT2D eigenvalue weighted by molar-refractivity contribution is 6.02. The summed E-state index contributed by atoms with van der Waals surface area (Å²) in [6.45, 7) is 2.94. The smallest absolute Gasteiger partial charge is 0.309 e. The number of hydrogen-bond donors (Lipinski definition) is 0. The molecule has 2 amide bonds. The van der Waals surface area contributed by atoms with Crippen molar-refractivity contribution in [3.8, 4) is 23.0 Å². The minimum Gasteiger partial charge on any atom is -0.493 e. The highest BCUT2D eigenvalue weighted by atomic mass is 16.5. The van der Waals surface area contributed by atoms with Crippen molar-refractivity contribution >= 4 is 17.8 Å². The molecule has 2 aliphatic heterocycles. The standard InChI is InChI=1S/C29H36N2O8/c1-7-39-29(34)17-10-12-31(13-11-17)28(33)25-19-15-23(37-5)24(38-6)16-20(19)27(32)30(2)26(25)18-8-9-21(35-3)22(14-18)36-4/h8-9,14-17,25-26H,7,10-13H2,1-6H3/t25-,26+/m0/s1. The third kappa shape index (κ3) is 5.20. The largest absolute Gasteiger partial charge is 0.493 e. The van der Waals surface area contributed by atoms with Crippen LogP contribution in [0.1, 0.15) is 53.2 Å². The lowest BCUT2D eigenvalue weighted by atomic mass is 9.78. The zero-order valence-electron chi connectivity index (χ0n) is 23.3. The van der Waals surface area contributed by atoms with Crippen LogP contribution in [0.2, 0.25) is 0 Å². The lowest BCUT2D eigenvalue weighted by Gasteiger charge is -2.43. The zero-order valence-corrected chi connectivity index (χ0v) is 23.3. The maximum Gasteiger partial charge on any atom is 0.309 e. The molecular formula is C29H36N2O8. The van der Waals surface area contributed by atoms with Crippen LogP contribution in [0.15, 0.2) is 30.3 Å². The van der Waals surface area contributed by atoms with E-state index in [2.05, 4.69) is 0 Å². The van der Waals surface area contributed by atoms with Crippen molar-refractivity contribution in [2.45, 2.75) is 31.7 Å². The van der Waals surface area contributed by atoms with Gasteiger partial charge in [0.15, 0.2) is 23.0 Å². The van der Waals surface area contributed by atoms with Gasteiger partial charge >= 0.3 is 5.97 Å². The van der Waals surface area contributed by atoms with Crippen molar-refractivity contribution in [2.75, 3.05) is 55.2 Å². The van der Waals surface area contributed by atoms with E-state index >= 15 is 0 Å². The van der Waals surface area contributed by atoms with E-state index in [1.54, 1.807) is 62.3 Å². The van der Waals surface area contributed by atoms with Crippen LogP contribution in [-0.2, 0) is 14.3 Å². The summed E-state index contributed by atoms with van der Waals surface area (Å²) >= 11 is 0. The first-order valence-corrected chi connectivity index (χ1v) is 13.0. The number of carbonyl (C=O) groups is 3. The number of benzene rings is 2. The van der Waals surface area contributed by atoms with Crippen molar-refractivity contribution in [2.24, 2.45) is 5.92 Å². The van der Waals surface area contributed by atoms with Gasteiger partial charge in [-0.2, -0.15) is 0 Å². The van der Waals surface area contributed by atoms with E-state index in [1.807, 2.05) is 6.07 Å². The molecule has 39 heavy (non-hydrogen) atoms. The van der Waals surface area contributed by atoms with Gasteiger partial charge in [0.2, 0.25) is 5.91 Å². The second kappa shape index (κ2) is 11.8. The fourth-order valence-corrected chi connectivity index (χ4v) is 5.56. The van der Waals surface area contributed by atoms with Gasteiger partial charge in [0.1, 0.15) is 0 Å². The average Bonchev–Trinajstić information content (AvgIpc) is 2.97. The van der Waals surface area contributed by atoms with Crippen molar-refractivity contribution in [3.05, 3.63) is 47.0 Å². The summed E-state index contributed by atoms with van der Waals surface area (Å²) in [5.74, 6) is 0.306. The van der Waals surface area contributed by atoms with E-state index in [4.69, 9.17) is 23.7 Å². The quantitative estimate of drug-likeness (QED) is 0.469. The lowest BCUT2D eigenvalue weighted by Crippen LogP contribution is -2.49. The molecule has 0 N–H and O–H groups in total. The first kappa shape index (κ1) is 28.1. The van der Waals surface area contributed by atoms with E-state index in [0.717, 1.165) is 5.56 Å². The molecule has 2 atom stereocenters. The second-order valence-electron chi connectivity index (χ2n) is 9.60. The molecule has 0 saturated carbocycles. The van der Waals surface area contributed by atoms with Crippen molar-refractivity contribution in [1.82, 2.24) is 9.80 Å². The summed E-state index contributed by atoms with van der Waals surface area (Å²) < 4.78 is 27.1. The van der Waals surface area contributed by atoms with Crippen LogP contribution < -0.4 is 18.9 Å². The molecule has 210 valence electrons. The molecule has 2 aromatic carbocycles. The number of nitrogens with zero attached hydrogens (tertiary/aromatic N) is 2. The molecule has 2 aliphatic rings. The Morgan fingerprint density at radius 1 is 0.872 bits per heavy atom. The Balaban J connectivity index is 1.80. The normalized spacial score (nSPS) is 19.3. The number of ether oxygens (including phenoxy) is 5. The molecule has 1 saturated heterocycles. The van der Waals surface area contributed by atoms with Gasteiger partial charge in [-0.1, -0.05) is 6.07 Å². The number of esters is 1. The number of likely N-dealkylation sites (N-methyl/N-ethyl adjacent to an activating group) is 1. The topological polar surface area (TPSA) is 104 Å². The Morgan fingerprint density at radius 2 is 1.46 bits per heavy atom. The number of carbonyl (C=O) groups excluding carboxylic acids is 3. The maximum absolute atomic E-state index is 14.3. The summed E-state index contributed by atoms with van der Waals surface area (Å²) in [5.41, 5.74) is 1.67. The van der Waals surface area contributed by atoms with Gasteiger partial charge in [0.25, 0.3) is 5.91 Å². The molecule has 0 spiro atoms. The van der Waals surface area contributed by atoms with E-state index in [-0.39, 0.29) is 23.7 Å². The second-order valence-corrected chi connectivity index (χ2v) is 9.60. The fourth-order valence-electron chi connectivity index (χ4n) is 5.56. The molecule has 2 heterocycles. The highest BCUT2D eigenvalue weighted by Crippen LogP contribution is 2.47. The SMILES string of the molecule is CCOC(=O)C1CCN(C(=O)[C@H]2c3cc(OC)c(OC)cc3C(=O)N(C)[C@@H]2c2ccc(OC)c(OC)c2)CC1. The van der Waals surface area contributed by atoms with Crippen LogP contribution in [0.25, 0.3) is 0 Å². The van der Waals surface area contributed by atoms with Crippen LogP contribution in [0.3, 0.4) is 0 Å². The molecule has 0 bridgehead atoms. The van der Waals surface area contributed by atoms with Crippen LogP contribution in [-0.4, -0.2) is 82.8 Å². The molecule has 0 aliphatic carbocycles. The molecule has 0 radical (unpaired) electrons. The number of hydrogen-bond acceptors (Lipinski definition) is 8. The number of amides is 2. The number of methoxy groups -OCH3 is 4. The van der Waals surface area contributed by atoms with Crippen molar-refractivity contribution in [1.29, 1.82) is 0 Å². The molecule has 0 aromatic heterocycles. The molecule has 1 fully saturated rings. The Morgan fingerprint density at radius 3 is 2.05 bits per heavy atom. The van der Waals surface area contributed by atoms with Gasteiger partial charge in [-0.3, -0.25) is 14.4 Å². The summed E-state index contributed by atoms with van der Waals surface area (Å²) in [6, 6.07) is 8.13. The number of rotatable bonds is 8. The third-order valence-electron chi connectivity index (χ3n) is 7.62. The highest BCUT2D eigenvalue weighted by Gasteiger charge is 2.46. The predicted octanol–water partition coefficient (Wildman–Crippen LogP) is 3.43. The third-order valence-corrected chi connectivity index (χ3v) is 7.62. The van der Waals surface area contributed by atoms with E-state index in [0.29, 0.717) is 66.7 Å². The monoisotopic (exact) mass is 540 g/mol. The minimum absolute atomic E-state index is 0.134. The maximum atomic E-state index is 14.3. The van der Waals surface area contributed by atoms with Crippen LogP contribution >= 0.6 is 0 Å². The Hall–Kier alpha value is -3.95. The summed E-state index contributed by atoms with van der Waals surface area (Å²) in [7, 11) is 7.81. The number of likely N-dealkylation sites (tertiary alicyclic amines) is 1. The zero-order chi connectivity index (χ0) is 28.3. The van der Waals surface area contributed by atoms with Crippen LogP contribution in [0.5, 0.6) is 23.0 Å². The first-order valence-electron chi connectivity index (χ1n) is 13.0. The van der Waals surface area contributed by atoms with Crippen molar-refractivity contribution < 1.29 is 38.1 Å². The lowest BCUT2D eigenvalue weighted by molar-refractivity contribution is -0.151. The number of piperidine rings is 1. The number of fused-ring (bicyclic) bond motifs is 1. The molecular weight excluding hydrogens is 504 g/mol. The summed E-state index contributed by atoms with van der Waals surface area (Å²) in [6.07, 6.45) is 1.04. The van der Waals surface area contributed by atoms with Gasteiger partial charge < -0.3 is 33.5 Å². The minimum atomic E-state index is -0.736. The molecule has 0 unspecified atom stereocenters. The van der Waals surface area contributed by atoms with Crippen LogP contribution in [0.4, 0.5) is 0 Å². The van der Waals surface area contributed by atoms with Gasteiger partial charge in [0, 0.05) is 25.7 Å².